The second-order valence-corrected chi connectivity index (χ2v) is 9.65. The number of nitrogens with zero attached hydrogens (tertiary/aromatic N) is 1. The first-order valence-electron chi connectivity index (χ1n) is 10.6. The van der Waals surface area contributed by atoms with E-state index in [0.29, 0.717) is 18.0 Å². The highest BCUT2D eigenvalue weighted by molar-refractivity contribution is 7.92. The molecule has 0 saturated carbocycles. The quantitative estimate of drug-likeness (QED) is 0.564. The van der Waals surface area contributed by atoms with Crippen molar-refractivity contribution < 1.29 is 17.9 Å². The molecule has 7 heteroatoms. The summed E-state index contributed by atoms with van der Waals surface area (Å²) in [5.74, 6) is 0.351. The largest absolute Gasteiger partial charge is 0.484 e. The molecule has 1 N–H and O–H groups in total. The van der Waals surface area contributed by atoms with Gasteiger partial charge in [0.2, 0.25) is 10.0 Å². The molecule has 6 nitrogen and oxygen atoms in total. The van der Waals surface area contributed by atoms with E-state index < -0.39 is 10.0 Å². The molecule has 1 amide bonds. The monoisotopic (exact) mass is 442 g/mol. The van der Waals surface area contributed by atoms with Crippen LogP contribution >= 0.6 is 0 Å². The predicted octanol–water partition coefficient (Wildman–Crippen LogP) is 4.04. The van der Waals surface area contributed by atoms with E-state index in [1.165, 1.54) is 29.0 Å². The Kier molecular flexibility index (Phi) is 8.12. The molecule has 2 aromatic rings. The van der Waals surface area contributed by atoms with Gasteiger partial charge < -0.3 is 10.1 Å². The first-order chi connectivity index (χ1) is 14.9. The van der Waals surface area contributed by atoms with Crippen LogP contribution in [0.25, 0.3) is 0 Å². The van der Waals surface area contributed by atoms with Gasteiger partial charge in [-0.05, 0) is 61.9 Å². The highest BCUT2D eigenvalue weighted by atomic mass is 32.2. The van der Waals surface area contributed by atoms with Gasteiger partial charge in [-0.3, -0.25) is 9.10 Å². The van der Waals surface area contributed by atoms with Gasteiger partial charge in [-0.15, -0.1) is 0 Å². The molecule has 0 bridgehead atoms. The van der Waals surface area contributed by atoms with Crippen molar-refractivity contribution in [3.63, 3.8) is 0 Å². The maximum Gasteiger partial charge on any atom is 0.257 e. The topological polar surface area (TPSA) is 75.7 Å². The zero-order valence-electron chi connectivity index (χ0n) is 17.9. The minimum Gasteiger partial charge on any atom is -0.484 e. The van der Waals surface area contributed by atoms with Gasteiger partial charge in [0.05, 0.1) is 18.5 Å². The van der Waals surface area contributed by atoms with Crippen molar-refractivity contribution in [2.75, 3.05) is 23.7 Å². The van der Waals surface area contributed by atoms with Crippen LogP contribution in [0.4, 0.5) is 5.69 Å². The molecular weight excluding hydrogens is 412 g/mol. The Morgan fingerprint density at radius 2 is 1.81 bits per heavy atom. The Balaban J connectivity index is 1.51. The van der Waals surface area contributed by atoms with Crippen molar-refractivity contribution in [1.29, 1.82) is 0 Å². The summed E-state index contributed by atoms with van der Waals surface area (Å²) in [6.07, 6.45) is 9.14. The normalized spacial score (nSPS) is 13.9. The van der Waals surface area contributed by atoms with Crippen LogP contribution in [0.15, 0.2) is 66.2 Å². The minimum atomic E-state index is -3.45. The SMILES string of the molecule is CS(=O)(=O)N(Cc1ccccc1)c1ccc(OCC(=O)NCCC2=CCCCC2)cc1. The molecule has 166 valence electrons. The molecule has 0 radical (unpaired) electrons. The van der Waals surface area contributed by atoms with E-state index in [-0.39, 0.29) is 19.1 Å². The fourth-order valence-corrected chi connectivity index (χ4v) is 4.44. The second-order valence-electron chi connectivity index (χ2n) is 7.75. The fraction of sp³-hybridized carbons (Fsp3) is 0.375. The van der Waals surface area contributed by atoms with E-state index in [1.807, 2.05) is 30.3 Å². The van der Waals surface area contributed by atoms with E-state index in [2.05, 4.69) is 11.4 Å². The Labute approximate surface area is 185 Å². The third-order valence-electron chi connectivity index (χ3n) is 5.22. The van der Waals surface area contributed by atoms with Crippen molar-refractivity contribution in [1.82, 2.24) is 5.32 Å². The molecule has 0 unspecified atom stereocenters. The highest BCUT2D eigenvalue weighted by Gasteiger charge is 2.18. The Bertz CT molecular complexity index is 986. The number of benzene rings is 2. The van der Waals surface area contributed by atoms with Crippen LogP contribution in [0, 0.1) is 0 Å². The Morgan fingerprint density at radius 1 is 1.06 bits per heavy atom. The summed E-state index contributed by atoms with van der Waals surface area (Å²) >= 11 is 0. The number of carbonyl (C=O) groups excluding carboxylic acids is 1. The third kappa shape index (κ3) is 7.43. The summed E-state index contributed by atoms with van der Waals surface area (Å²) < 4.78 is 31.5. The summed E-state index contributed by atoms with van der Waals surface area (Å²) in [4.78, 5) is 12.0. The van der Waals surface area contributed by atoms with Crippen molar-refractivity contribution in [2.24, 2.45) is 0 Å². The summed E-state index contributed by atoms with van der Waals surface area (Å²) in [6.45, 7) is 0.798. The third-order valence-corrected chi connectivity index (χ3v) is 6.36. The van der Waals surface area contributed by atoms with Crippen LogP contribution in [0.2, 0.25) is 0 Å². The summed E-state index contributed by atoms with van der Waals surface area (Å²) in [6, 6.07) is 16.2. The van der Waals surface area contributed by atoms with Crippen molar-refractivity contribution in [2.45, 2.75) is 38.6 Å². The lowest BCUT2D eigenvalue weighted by Gasteiger charge is -2.22. The average Bonchev–Trinajstić information content (AvgIpc) is 2.77. The molecule has 3 rings (SSSR count). The zero-order valence-corrected chi connectivity index (χ0v) is 18.7. The van der Waals surface area contributed by atoms with Gasteiger partial charge in [-0.1, -0.05) is 42.0 Å². The Hall–Kier alpha value is -2.80. The van der Waals surface area contributed by atoms with Gasteiger partial charge in [0, 0.05) is 6.54 Å². The minimum absolute atomic E-state index is 0.0712. The van der Waals surface area contributed by atoms with Crippen LogP contribution in [-0.4, -0.2) is 33.7 Å². The molecule has 1 aliphatic rings. The molecule has 0 atom stereocenters. The molecule has 0 aliphatic heterocycles. The standard InChI is InChI=1S/C24H30N2O4S/c1-31(28,29)26(18-21-10-6-3-7-11-21)22-12-14-23(15-13-22)30-19-24(27)25-17-16-20-8-4-2-5-9-20/h3,6-8,10-15H,2,4-5,9,16-19H2,1H3,(H,25,27). The fourth-order valence-electron chi connectivity index (χ4n) is 3.55. The number of allylic oxidation sites excluding steroid dienone is 1. The molecule has 1 aliphatic carbocycles. The number of carbonyl (C=O) groups is 1. The van der Waals surface area contributed by atoms with Gasteiger partial charge in [0.15, 0.2) is 6.61 Å². The van der Waals surface area contributed by atoms with E-state index in [1.54, 1.807) is 24.3 Å². The lowest BCUT2D eigenvalue weighted by atomic mass is 9.97. The average molecular weight is 443 g/mol. The maximum atomic E-state index is 12.3. The van der Waals surface area contributed by atoms with E-state index in [0.717, 1.165) is 24.8 Å². The lowest BCUT2D eigenvalue weighted by Crippen LogP contribution is -2.30. The molecule has 0 heterocycles. The zero-order chi connectivity index (χ0) is 22.1. The van der Waals surface area contributed by atoms with Crippen LogP contribution in [0.5, 0.6) is 5.75 Å². The molecule has 0 saturated heterocycles. The molecule has 0 aromatic heterocycles. The van der Waals surface area contributed by atoms with Crippen LogP contribution < -0.4 is 14.4 Å². The van der Waals surface area contributed by atoms with Gasteiger partial charge in [0.1, 0.15) is 5.75 Å². The van der Waals surface area contributed by atoms with Crippen molar-refractivity contribution in [3.8, 4) is 5.75 Å². The van der Waals surface area contributed by atoms with Gasteiger partial charge in [-0.25, -0.2) is 8.42 Å². The van der Waals surface area contributed by atoms with Gasteiger partial charge >= 0.3 is 0 Å². The summed E-state index contributed by atoms with van der Waals surface area (Å²) in [5.41, 5.74) is 2.87. The first kappa shape index (κ1) is 22.9. The number of anilines is 1. The second kappa shape index (κ2) is 11.0. The number of amides is 1. The van der Waals surface area contributed by atoms with Gasteiger partial charge in [-0.2, -0.15) is 0 Å². The molecule has 31 heavy (non-hydrogen) atoms. The molecule has 0 fully saturated rings. The lowest BCUT2D eigenvalue weighted by molar-refractivity contribution is -0.123. The summed E-state index contributed by atoms with van der Waals surface area (Å²) in [5, 5.41) is 2.88. The number of ether oxygens (including phenoxy) is 1. The first-order valence-corrected chi connectivity index (χ1v) is 12.5. The number of rotatable bonds is 10. The van der Waals surface area contributed by atoms with E-state index in [9.17, 15) is 13.2 Å². The highest BCUT2D eigenvalue weighted by Crippen LogP contribution is 2.24. The van der Waals surface area contributed by atoms with Crippen molar-refractivity contribution >= 4 is 21.6 Å². The molecule has 2 aromatic carbocycles. The van der Waals surface area contributed by atoms with Crippen LogP contribution in [0.3, 0.4) is 0 Å². The van der Waals surface area contributed by atoms with Crippen LogP contribution in [-0.2, 0) is 21.4 Å². The van der Waals surface area contributed by atoms with E-state index >= 15 is 0 Å². The number of hydrogen-bond acceptors (Lipinski definition) is 4. The predicted molar refractivity (Wildman–Crippen MR) is 124 cm³/mol. The van der Waals surface area contributed by atoms with Gasteiger partial charge in [0.25, 0.3) is 5.91 Å². The number of sulfonamides is 1. The molecular formula is C24H30N2O4S. The summed E-state index contributed by atoms with van der Waals surface area (Å²) in [7, 11) is -3.45. The smallest absolute Gasteiger partial charge is 0.257 e. The number of hydrogen-bond donors (Lipinski definition) is 1. The number of nitrogens with one attached hydrogen (secondary N) is 1. The van der Waals surface area contributed by atoms with Crippen LogP contribution in [0.1, 0.15) is 37.7 Å². The maximum absolute atomic E-state index is 12.3. The Morgan fingerprint density at radius 3 is 2.45 bits per heavy atom. The molecule has 0 spiro atoms. The van der Waals surface area contributed by atoms with E-state index in [4.69, 9.17) is 4.74 Å². The van der Waals surface area contributed by atoms with Crippen molar-refractivity contribution in [3.05, 3.63) is 71.8 Å².